The van der Waals surface area contributed by atoms with Gasteiger partial charge in [-0.1, -0.05) is 60.1 Å². The van der Waals surface area contributed by atoms with E-state index in [1.54, 1.807) is 12.1 Å². The average molecular weight is 447 g/mol. The van der Waals surface area contributed by atoms with Crippen molar-refractivity contribution in [3.63, 3.8) is 0 Å². The molecule has 1 amide bonds. The minimum atomic E-state index is -0.353. The maximum absolute atomic E-state index is 12.3. The van der Waals surface area contributed by atoms with Crippen LogP contribution in [0.4, 0.5) is 5.69 Å². The number of hydrogen-bond acceptors (Lipinski definition) is 3. The number of carbonyl (C=O) groups is 1. The van der Waals surface area contributed by atoms with Gasteiger partial charge in [-0.15, -0.1) is 0 Å². The van der Waals surface area contributed by atoms with Crippen LogP contribution in [0.5, 0.6) is 0 Å². The van der Waals surface area contributed by atoms with Crippen molar-refractivity contribution in [2.75, 3.05) is 5.32 Å². The summed E-state index contributed by atoms with van der Waals surface area (Å²) in [5.74, 6) is 0.874. The van der Waals surface area contributed by atoms with E-state index < -0.39 is 0 Å². The van der Waals surface area contributed by atoms with Crippen molar-refractivity contribution in [3.8, 4) is 11.3 Å². The maximum atomic E-state index is 12.3. The van der Waals surface area contributed by atoms with Crippen LogP contribution in [-0.4, -0.2) is 11.0 Å². The van der Waals surface area contributed by atoms with E-state index in [1.165, 1.54) is 6.08 Å². The molecule has 0 saturated heterocycles. The zero-order valence-electron chi connectivity index (χ0n) is 16.7. The van der Waals surface area contributed by atoms with Crippen molar-refractivity contribution < 1.29 is 9.21 Å². The number of fused-ring (bicyclic) bond motifs is 1. The van der Waals surface area contributed by atoms with E-state index in [4.69, 9.17) is 28.2 Å². The van der Waals surface area contributed by atoms with Gasteiger partial charge in [0.1, 0.15) is 11.5 Å². The number of rotatable bonds is 4. The van der Waals surface area contributed by atoms with Gasteiger partial charge in [0.15, 0.2) is 5.11 Å². The molecule has 0 aliphatic carbocycles. The van der Waals surface area contributed by atoms with E-state index in [9.17, 15) is 4.79 Å². The number of anilines is 1. The molecule has 0 fully saturated rings. The van der Waals surface area contributed by atoms with Crippen molar-refractivity contribution in [3.05, 3.63) is 95.2 Å². The number of amides is 1. The number of carbonyl (C=O) groups excluding carboxylic acids is 1. The number of nitrogens with one attached hydrogen (secondary N) is 2. The van der Waals surface area contributed by atoms with Crippen molar-refractivity contribution >= 4 is 57.4 Å². The lowest BCUT2D eigenvalue weighted by Crippen LogP contribution is -2.32. The quantitative estimate of drug-likeness (QED) is 0.274. The van der Waals surface area contributed by atoms with Crippen molar-refractivity contribution in [1.29, 1.82) is 0 Å². The lowest BCUT2D eigenvalue weighted by molar-refractivity contribution is -0.115. The molecule has 6 heteroatoms. The first-order valence-electron chi connectivity index (χ1n) is 9.64. The summed E-state index contributed by atoms with van der Waals surface area (Å²) >= 11 is 11.5. The Labute approximate surface area is 190 Å². The Balaban J connectivity index is 1.39. The van der Waals surface area contributed by atoms with Gasteiger partial charge < -0.3 is 9.73 Å². The Morgan fingerprint density at radius 1 is 1.03 bits per heavy atom. The van der Waals surface area contributed by atoms with E-state index in [0.29, 0.717) is 16.5 Å². The van der Waals surface area contributed by atoms with Crippen LogP contribution < -0.4 is 10.6 Å². The summed E-state index contributed by atoms with van der Waals surface area (Å²) in [7, 11) is 0. The third kappa shape index (κ3) is 5.02. The molecule has 0 aliphatic heterocycles. The standard InChI is InChI=1S/C25H19ClN2O2S/c1-16-9-10-18(15-21(16)26)23-13-11-19(30-23)12-14-24(29)28-25(31)27-22-8-4-6-17-5-2-3-7-20(17)22/h2-15H,1H3,(H2,27,28,29,31)/b14-12+. The summed E-state index contributed by atoms with van der Waals surface area (Å²) in [5.41, 5.74) is 2.71. The molecule has 0 spiro atoms. The van der Waals surface area contributed by atoms with E-state index in [-0.39, 0.29) is 11.0 Å². The molecule has 1 heterocycles. The normalized spacial score (nSPS) is 11.0. The number of aryl methyl sites for hydroxylation is 1. The molecule has 0 unspecified atom stereocenters. The van der Waals surface area contributed by atoms with Crippen LogP contribution in [0.1, 0.15) is 11.3 Å². The SMILES string of the molecule is Cc1ccc(-c2ccc(/C=C/C(=O)NC(=S)Nc3cccc4ccccc34)o2)cc1Cl. The van der Waals surface area contributed by atoms with Gasteiger partial charge in [0.2, 0.25) is 5.91 Å². The molecular formula is C25H19ClN2O2S. The van der Waals surface area contributed by atoms with Gasteiger partial charge in [0, 0.05) is 27.7 Å². The largest absolute Gasteiger partial charge is 0.457 e. The lowest BCUT2D eigenvalue weighted by atomic mass is 10.1. The van der Waals surface area contributed by atoms with Crippen LogP contribution in [0, 0.1) is 6.92 Å². The molecule has 0 atom stereocenters. The van der Waals surface area contributed by atoms with Gasteiger partial charge in [0.05, 0.1) is 0 Å². The van der Waals surface area contributed by atoms with Crippen LogP contribution in [-0.2, 0) is 4.79 Å². The van der Waals surface area contributed by atoms with Gasteiger partial charge >= 0.3 is 0 Å². The molecule has 0 aliphatic rings. The number of hydrogen-bond donors (Lipinski definition) is 2. The Morgan fingerprint density at radius 3 is 2.68 bits per heavy atom. The Morgan fingerprint density at radius 2 is 1.84 bits per heavy atom. The maximum Gasteiger partial charge on any atom is 0.250 e. The fourth-order valence-corrected chi connectivity index (χ4v) is 3.53. The number of furan rings is 1. The molecule has 0 saturated carbocycles. The second-order valence-electron chi connectivity index (χ2n) is 6.97. The summed E-state index contributed by atoms with van der Waals surface area (Å²) in [6, 6.07) is 23.2. The Hall–Kier alpha value is -3.41. The van der Waals surface area contributed by atoms with Gasteiger partial charge in [-0.05, 0) is 60.4 Å². The van der Waals surface area contributed by atoms with Gasteiger partial charge in [-0.3, -0.25) is 10.1 Å². The molecule has 0 bridgehead atoms. The Kier molecular flexibility index (Phi) is 6.16. The van der Waals surface area contributed by atoms with E-state index in [2.05, 4.69) is 10.6 Å². The first-order chi connectivity index (χ1) is 15.0. The third-order valence-corrected chi connectivity index (χ3v) is 5.37. The minimum Gasteiger partial charge on any atom is -0.457 e. The van der Waals surface area contributed by atoms with Gasteiger partial charge in [0.25, 0.3) is 0 Å². The molecule has 3 aromatic carbocycles. The molecule has 0 radical (unpaired) electrons. The highest BCUT2D eigenvalue weighted by Gasteiger charge is 2.07. The highest BCUT2D eigenvalue weighted by molar-refractivity contribution is 7.80. The second-order valence-corrected chi connectivity index (χ2v) is 7.78. The molecule has 2 N–H and O–H groups in total. The number of benzene rings is 3. The zero-order chi connectivity index (χ0) is 21.8. The first-order valence-corrected chi connectivity index (χ1v) is 10.4. The predicted molar refractivity (Wildman–Crippen MR) is 131 cm³/mol. The van der Waals surface area contributed by atoms with Gasteiger partial charge in [-0.2, -0.15) is 0 Å². The molecule has 31 heavy (non-hydrogen) atoms. The first kappa shape index (κ1) is 20.8. The number of halogens is 1. The monoisotopic (exact) mass is 446 g/mol. The molecular weight excluding hydrogens is 428 g/mol. The van der Waals surface area contributed by atoms with Crippen molar-refractivity contribution in [2.24, 2.45) is 0 Å². The molecule has 4 nitrogen and oxygen atoms in total. The van der Waals surface area contributed by atoms with Crippen LogP contribution in [0.15, 0.2) is 83.3 Å². The lowest BCUT2D eigenvalue weighted by Gasteiger charge is -2.10. The summed E-state index contributed by atoms with van der Waals surface area (Å²) in [6.45, 7) is 1.95. The minimum absolute atomic E-state index is 0.223. The highest BCUT2D eigenvalue weighted by atomic mass is 35.5. The van der Waals surface area contributed by atoms with Crippen LogP contribution >= 0.6 is 23.8 Å². The molecule has 154 valence electrons. The van der Waals surface area contributed by atoms with E-state index in [0.717, 1.165) is 27.6 Å². The van der Waals surface area contributed by atoms with E-state index >= 15 is 0 Å². The summed E-state index contributed by atoms with van der Waals surface area (Å²) in [5, 5.41) is 8.74. The highest BCUT2D eigenvalue weighted by Crippen LogP contribution is 2.27. The molecule has 4 aromatic rings. The van der Waals surface area contributed by atoms with Crippen molar-refractivity contribution in [1.82, 2.24) is 5.32 Å². The second kappa shape index (κ2) is 9.16. The van der Waals surface area contributed by atoms with Crippen molar-refractivity contribution in [2.45, 2.75) is 6.92 Å². The van der Waals surface area contributed by atoms with Crippen LogP contribution in [0.2, 0.25) is 5.02 Å². The third-order valence-electron chi connectivity index (χ3n) is 4.76. The average Bonchev–Trinajstić information content (AvgIpc) is 3.23. The fourth-order valence-electron chi connectivity index (χ4n) is 3.14. The van der Waals surface area contributed by atoms with Crippen LogP contribution in [0.25, 0.3) is 28.2 Å². The summed E-state index contributed by atoms with van der Waals surface area (Å²) in [4.78, 5) is 12.3. The van der Waals surface area contributed by atoms with Crippen LogP contribution in [0.3, 0.4) is 0 Å². The smallest absolute Gasteiger partial charge is 0.250 e. The number of thiocarbonyl (C=S) groups is 1. The summed E-state index contributed by atoms with van der Waals surface area (Å²) in [6.07, 6.45) is 2.97. The van der Waals surface area contributed by atoms with Gasteiger partial charge in [-0.25, -0.2) is 0 Å². The summed E-state index contributed by atoms with van der Waals surface area (Å²) < 4.78 is 5.79. The van der Waals surface area contributed by atoms with E-state index in [1.807, 2.05) is 73.7 Å². The topological polar surface area (TPSA) is 54.3 Å². The molecule has 4 rings (SSSR count). The predicted octanol–water partition coefficient (Wildman–Crippen LogP) is 6.59. The Bertz CT molecular complexity index is 1300. The fraction of sp³-hybridized carbons (Fsp3) is 0.0400. The zero-order valence-corrected chi connectivity index (χ0v) is 18.3. The molecule has 1 aromatic heterocycles.